The minimum atomic E-state index is -0.385. The van der Waals surface area contributed by atoms with E-state index < -0.39 is 0 Å². The molecule has 4 aliphatic rings. The number of hydroxylamine groups is 1. The van der Waals surface area contributed by atoms with Crippen LogP contribution in [0.2, 0.25) is 0 Å². The summed E-state index contributed by atoms with van der Waals surface area (Å²) in [5.74, 6) is 1.03. The standard InChI is InChI=1S/C17H29N5O3/c1-2-15-20-14(21-25-15)9-22-16(23)13(19-17(22)24)7-10-8-18-12-6-4-3-5-11(10)12/h10-15,18,20-21H,2-9H2,1H3,(H,19,24)/t10?,11?,12?,13-,14?,15?/m0/s1. The minimum absolute atomic E-state index is 0.0747. The Labute approximate surface area is 148 Å². The summed E-state index contributed by atoms with van der Waals surface area (Å²) in [5.41, 5.74) is 2.86. The first kappa shape index (κ1) is 17.2. The van der Waals surface area contributed by atoms with Gasteiger partial charge in [-0.05, 0) is 44.1 Å². The first-order valence-electron chi connectivity index (χ1n) is 9.68. The number of amides is 3. The molecule has 4 N–H and O–H groups in total. The molecule has 0 aromatic carbocycles. The van der Waals surface area contributed by atoms with Crippen LogP contribution in [0.1, 0.15) is 45.4 Å². The third-order valence-electron chi connectivity index (χ3n) is 6.19. The molecular formula is C17H29N5O3. The van der Waals surface area contributed by atoms with Gasteiger partial charge in [-0.2, -0.15) is 5.48 Å². The van der Waals surface area contributed by atoms with Crippen LogP contribution in [0.5, 0.6) is 0 Å². The van der Waals surface area contributed by atoms with Crippen LogP contribution in [0.15, 0.2) is 0 Å². The number of hydrogen-bond acceptors (Lipinski definition) is 6. The molecule has 5 unspecified atom stereocenters. The van der Waals surface area contributed by atoms with Crippen LogP contribution < -0.4 is 21.4 Å². The Morgan fingerprint density at radius 2 is 2.08 bits per heavy atom. The molecular weight excluding hydrogens is 322 g/mol. The van der Waals surface area contributed by atoms with Gasteiger partial charge in [0.05, 0.1) is 6.54 Å². The van der Waals surface area contributed by atoms with Gasteiger partial charge >= 0.3 is 6.03 Å². The van der Waals surface area contributed by atoms with Gasteiger partial charge in [0.25, 0.3) is 5.91 Å². The zero-order valence-electron chi connectivity index (χ0n) is 14.8. The van der Waals surface area contributed by atoms with Crippen LogP contribution in [-0.2, 0) is 9.63 Å². The maximum absolute atomic E-state index is 12.7. The first-order chi connectivity index (χ1) is 12.2. The summed E-state index contributed by atoms with van der Waals surface area (Å²) in [6.07, 6.45) is 6.36. The van der Waals surface area contributed by atoms with Crippen molar-refractivity contribution in [2.45, 2.75) is 69.9 Å². The predicted molar refractivity (Wildman–Crippen MR) is 91.1 cm³/mol. The molecule has 3 aliphatic heterocycles. The fraction of sp³-hybridized carbons (Fsp3) is 0.882. The van der Waals surface area contributed by atoms with Gasteiger partial charge in [-0.15, -0.1) is 0 Å². The number of fused-ring (bicyclic) bond motifs is 1. The van der Waals surface area contributed by atoms with E-state index in [4.69, 9.17) is 4.84 Å². The third kappa shape index (κ3) is 3.40. The van der Waals surface area contributed by atoms with Crippen LogP contribution in [0.4, 0.5) is 4.79 Å². The average molecular weight is 351 g/mol. The monoisotopic (exact) mass is 351 g/mol. The van der Waals surface area contributed by atoms with Crippen molar-refractivity contribution in [3.8, 4) is 0 Å². The lowest BCUT2D eigenvalue weighted by molar-refractivity contribution is -0.128. The molecule has 4 fully saturated rings. The summed E-state index contributed by atoms with van der Waals surface area (Å²) in [6, 6.07) is -0.0638. The van der Waals surface area contributed by atoms with Crippen molar-refractivity contribution in [2.75, 3.05) is 13.1 Å². The molecule has 3 heterocycles. The Balaban J connectivity index is 1.33. The zero-order valence-corrected chi connectivity index (χ0v) is 14.8. The molecule has 140 valence electrons. The lowest BCUT2D eigenvalue weighted by atomic mass is 9.77. The van der Waals surface area contributed by atoms with Crippen molar-refractivity contribution in [1.82, 2.24) is 26.3 Å². The van der Waals surface area contributed by atoms with Crippen LogP contribution in [0, 0.1) is 11.8 Å². The molecule has 3 amide bonds. The van der Waals surface area contributed by atoms with E-state index in [2.05, 4.69) is 21.4 Å². The Hall–Kier alpha value is -1.22. The Bertz CT molecular complexity index is 530. The molecule has 0 bridgehead atoms. The molecule has 8 heteroatoms. The van der Waals surface area contributed by atoms with E-state index in [-0.39, 0.29) is 36.9 Å². The normalized spacial score (nSPS) is 41.2. The molecule has 6 atom stereocenters. The smallest absolute Gasteiger partial charge is 0.324 e. The van der Waals surface area contributed by atoms with Crippen LogP contribution in [0.25, 0.3) is 0 Å². The van der Waals surface area contributed by atoms with Crippen molar-refractivity contribution in [3.63, 3.8) is 0 Å². The van der Waals surface area contributed by atoms with Gasteiger partial charge in [0, 0.05) is 6.04 Å². The highest BCUT2D eigenvalue weighted by Crippen LogP contribution is 2.37. The second-order valence-electron chi connectivity index (χ2n) is 7.76. The summed E-state index contributed by atoms with van der Waals surface area (Å²) in [6.45, 7) is 3.26. The molecule has 3 saturated heterocycles. The van der Waals surface area contributed by atoms with Gasteiger partial charge in [-0.1, -0.05) is 19.8 Å². The summed E-state index contributed by atoms with van der Waals surface area (Å²) in [4.78, 5) is 31.7. The van der Waals surface area contributed by atoms with E-state index in [0.29, 0.717) is 17.9 Å². The van der Waals surface area contributed by atoms with Crippen molar-refractivity contribution in [3.05, 3.63) is 0 Å². The van der Waals surface area contributed by atoms with Gasteiger partial charge in [0.1, 0.15) is 18.4 Å². The Morgan fingerprint density at radius 1 is 1.24 bits per heavy atom. The number of hydrogen-bond donors (Lipinski definition) is 4. The summed E-state index contributed by atoms with van der Waals surface area (Å²) in [7, 11) is 0. The highest BCUT2D eigenvalue weighted by Gasteiger charge is 2.44. The summed E-state index contributed by atoms with van der Waals surface area (Å²) in [5, 5.41) is 9.72. The quantitative estimate of drug-likeness (QED) is 0.531. The number of imide groups is 1. The summed E-state index contributed by atoms with van der Waals surface area (Å²) < 4.78 is 0. The zero-order chi connectivity index (χ0) is 17.4. The minimum Gasteiger partial charge on any atom is -0.326 e. The van der Waals surface area contributed by atoms with Crippen molar-refractivity contribution in [1.29, 1.82) is 0 Å². The van der Waals surface area contributed by atoms with Crippen LogP contribution >= 0.6 is 0 Å². The lowest BCUT2D eigenvalue weighted by Crippen LogP contribution is -2.47. The van der Waals surface area contributed by atoms with E-state index in [1.807, 2.05) is 6.92 Å². The predicted octanol–water partition coefficient (Wildman–Crippen LogP) is 0.262. The van der Waals surface area contributed by atoms with Gasteiger partial charge < -0.3 is 10.6 Å². The van der Waals surface area contributed by atoms with Gasteiger partial charge in [-0.3, -0.25) is 19.8 Å². The number of carbonyl (C=O) groups is 2. The maximum atomic E-state index is 12.7. The molecule has 1 saturated carbocycles. The highest BCUT2D eigenvalue weighted by molar-refractivity contribution is 6.04. The largest absolute Gasteiger partial charge is 0.326 e. The third-order valence-corrected chi connectivity index (χ3v) is 6.19. The number of nitrogens with zero attached hydrogens (tertiary/aromatic N) is 1. The molecule has 0 spiro atoms. The molecule has 25 heavy (non-hydrogen) atoms. The van der Waals surface area contributed by atoms with E-state index in [0.717, 1.165) is 19.4 Å². The number of nitrogens with one attached hydrogen (secondary N) is 4. The summed E-state index contributed by atoms with van der Waals surface area (Å²) >= 11 is 0. The number of rotatable bonds is 5. The van der Waals surface area contributed by atoms with E-state index in [1.54, 1.807) is 0 Å². The molecule has 0 aromatic heterocycles. The van der Waals surface area contributed by atoms with Gasteiger partial charge in [-0.25, -0.2) is 4.79 Å². The average Bonchev–Trinajstić information content (AvgIpc) is 3.31. The SMILES string of the molecule is CCC1NC(CN2C(=O)N[C@@H](CC3CNC4CCCCC34)C2=O)NO1. The van der Waals surface area contributed by atoms with Crippen LogP contribution in [0.3, 0.4) is 0 Å². The van der Waals surface area contributed by atoms with Gasteiger partial charge in [0.15, 0.2) is 0 Å². The molecule has 4 rings (SSSR count). The Kier molecular flexibility index (Phi) is 4.95. The van der Waals surface area contributed by atoms with Crippen molar-refractivity contribution >= 4 is 11.9 Å². The van der Waals surface area contributed by atoms with Crippen LogP contribution in [-0.4, -0.2) is 54.4 Å². The number of urea groups is 1. The molecule has 0 radical (unpaired) electrons. The second-order valence-corrected chi connectivity index (χ2v) is 7.76. The van der Waals surface area contributed by atoms with Gasteiger partial charge in [0.2, 0.25) is 0 Å². The lowest BCUT2D eigenvalue weighted by Gasteiger charge is -2.29. The topological polar surface area (TPSA) is 94.7 Å². The molecule has 8 nitrogen and oxygen atoms in total. The fourth-order valence-electron chi connectivity index (χ4n) is 4.83. The highest BCUT2D eigenvalue weighted by atomic mass is 16.7. The molecule has 1 aliphatic carbocycles. The van der Waals surface area contributed by atoms with Crippen molar-refractivity contribution in [2.24, 2.45) is 11.8 Å². The molecule has 0 aromatic rings. The second kappa shape index (κ2) is 7.19. The van der Waals surface area contributed by atoms with Crippen molar-refractivity contribution < 1.29 is 14.4 Å². The maximum Gasteiger partial charge on any atom is 0.324 e. The number of carbonyl (C=O) groups excluding carboxylic acids is 2. The van der Waals surface area contributed by atoms with E-state index >= 15 is 0 Å². The first-order valence-corrected chi connectivity index (χ1v) is 9.68. The fourth-order valence-corrected chi connectivity index (χ4v) is 4.83. The Morgan fingerprint density at radius 3 is 2.88 bits per heavy atom. The van der Waals surface area contributed by atoms with E-state index in [1.165, 1.54) is 30.6 Å². The van der Waals surface area contributed by atoms with E-state index in [9.17, 15) is 9.59 Å².